The lowest BCUT2D eigenvalue weighted by atomic mass is 10.2. The van der Waals surface area contributed by atoms with E-state index in [0.29, 0.717) is 21.3 Å². The SMILES string of the molecule is NC(=S)c1ccc(NC(=O)c2ccc(F)cc2)c(Br)c1. The molecule has 0 radical (unpaired) electrons. The fourth-order valence-corrected chi connectivity index (χ4v) is 2.17. The van der Waals surface area contributed by atoms with Crippen molar-refractivity contribution in [2.45, 2.75) is 0 Å². The summed E-state index contributed by atoms with van der Waals surface area (Å²) in [5.41, 5.74) is 7.18. The Morgan fingerprint density at radius 3 is 2.30 bits per heavy atom. The molecule has 0 spiro atoms. The van der Waals surface area contributed by atoms with E-state index in [1.807, 2.05) is 0 Å². The molecule has 0 saturated heterocycles. The summed E-state index contributed by atoms with van der Waals surface area (Å²) in [6.07, 6.45) is 0. The Bertz CT molecular complexity index is 673. The number of hydrogen-bond acceptors (Lipinski definition) is 2. The van der Waals surface area contributed by atoms with Crippen molar-refractivity contribution >= 4 is 44.7 Å². The maximum atomic E-state index is 12.8. The molecule has 2 aromatic rings. The van der Waals surface area contributed by atoms with E-state index in [4.69, 9.17) is 18.0 Å². The quantitative estimate of drug-likeness (QED) is 0.831. The molecule has 0 heterocycles. The Morgan fingerprint density at radius 2 is 1.75 bits per heavy atom. The van der Waals surface area contributed by atoms with Crippen molar-refractivity contribution in [1.29, 1.82) is 0 Å². The van der Waals surface area contributed by atoms with Gasteiger partial charge < -0.3 is 11.1 Å². The Balaban J connectivity index is 2.19. The van der Waals surface area contributed by atoms with Crippen LogP contribution >= 0.6 is 28.1 Å². The van der Waals surface area contributed by atoms with Crippen molar-refractivity contribution in [3.8, 4) is 0 Å². The average Bonchev–Trinajstić information content (AvgIpc) is 2.41. The Labute approximate surface area is 129 Å². The molecule has 3 nitrogen and oxygen atoms in total. The van der Waals surface area contributed by atoms with Crippen molar-refractivity contribution in [2.75, 3.05) is 5.32 Å². The zero-order valence-electron chi connectivity index (χ0n) is 10.2. The predicted octanol–water partition coefficient (Wildman–Crippen LogP) is 3.47. The first kappa shape index (κ1) is 14.6. The first-order valence-electron chi connectivity index (χ1n) is 5.63. The average molecular weight is 353 g/mol. The first-order chi connectivity index (χ1) is 9.47. The molecule has 0 saturated carbocycles. The van der Waals surface area contributed by atoms with E-state index in [1.54, 1.807) is 18.2 Å². The molecule has 0 aliphatic rings. The minimum atomic E-state index is -0.386. The molecule has 6 heteroatoms. The van der Waals surface area contributed by atoms with Crippen molar-refractivity contribution in [3.63, 3.8) is 0 Å². The maximum absolute atomic E-state index is 12.8. The highest BCUT2D eigenvalue weighted by Gasteiger charge is 2.09. The molecular weight excluding hydrogens is 343 g/mol. The summed E-state index contributed by atoms with van der Waals surface area (Å²) in [6.45, 7) is 0. The van der Waals surface area contributed by atoms with Gasteiger partial charge in [0.1, 0.15) is 10.8 Å². The third-order valence-electron chi connectivity index (χ3n) is 2.61. The number of hydrogen-bond donors (Lipinski definition) is 2. The maximum Gasteiger partial charge on any atom is 0.255 e. The molecule has 102 valence electrons. The second-order valence-corrected chi connectivity index (χ2v) is 5.31. The van der Waals surface area contributed by atoms with Gasteiger partial charge in [0.2, 0.25) is 0 Å². The number of amides is 1. The minimum absolute atomic E-state index is 0.280. The van der Waals surface area contributed by atoms with E-state index >= 15 is 0 Å². The largest absolute Gasteiger partial charge is 0.389 e. The highest BCUT2D eigenvalue weighted by Crippen LogP contribution is 2.24. The van der Waals surface area contributed by atoms with E-state index in [-0.39, 0.29) is 16.7 Å². The molecule has 1 amide bonds. The number of nitrogens with two attached hydrogens (primary N) is 1. The van der Waals surface area contributed by atoms with Gasteiger partial charge in [-0.3, -0.25) is 4.79 Å². The van der Waals surface area contributed by atoms with Gasteiger partial charge in [-0.1, -0.05) is 12.2 Å². The molecule has 0 unspecified atom stereocenters. The topological polar surface area (TPSA) is 55.1 Å². The van der Waals surface area contributed by atoms with Crippen LogP contribution in [0.5, 0.6) is 0 Å². The zero-order chi connectivity index (χ0) is 14.7. The summed E-state index contributed by atoms with van der Waals surface area (Å²) in [4.78, 5) is 12.3. The lowest BCUT2D eigenvalue weighted by Gasteiger charge is -2.09. The summed E-state index contributed by atoms with van der Waals surface area (Å²) < 4.78 is 13.5. The van der Waals surface area contributed by atoms with E-state index in [1.165, 1.54) is 24.3 Å². The van der Waals surface area contributed by atoms with Crippen LogP contribution in [0.4, 0.5) is 10.1 Å². The van der Waals surface area contributed by atoms with Crippen molar-refractivity contribution < 1.29 is 9.18 Å². The second-order valence-electron chi connectivity index (χ2n) is 4.02. The van der Waals surface area contributed by atoms with Gasteiger partial charge in [0.15, 0.2) is 0 Å². The summed E-state index contributed by atoms with van der Waals surface area (Å²) in [5, 5.41) is 2.72. The van der Waals surface area contributed by atoms with E-state index in [2.05, 4.69) is 21.2 Å². The molecule has 0 fully saturated rings. The van der Waals surface area contributed by atoms with Crippen LogP contribution in [0.3, 0.4) is 0 Å². The molecule has 0 aliphatic heterocycles. The van der Waals surface area contributed by atoms with Gasteiger partial charge >= 0.3 is 0 Å². The van der Waals surface area contributed by atoms with Crippen LogP contribution in [0, 0.1) is 5.82 Å². The number of carbonyl (C=O) groups is 1. The van der Waals surface area contributed by atoms with Crippen LogP contribution in [0.25, 0.3) is 0 Å². The Morgan fingerprint density at radius 1 is 1.15 bits per heavy atom. The number of halogens is 2. The molecule has 0 aromatic heterocycles. The monoisotopic (exact) mass is 352 g/mol. The number of rotatable bonds is 3. The lowest BCUT2D eigenvalue weighted by molar-refractivity contribution is 0.102. The van der Waals surface area contributed by atoms with Gasteiger partial charge in [0.25, 0.3) is 5.91 Å². The lowest BCUT2D eigenvalue weighted by Crippen LogP contribution is -2.13. The Kier molecular flexibility index (Phi) is 4.46. The fourth-order valence-electron chi connectivity index (χ4n) is 1.57. The zero-order valence-corrected chi connectivity index (χ0v) is 12.6. The predicted molar refractivity (Wildman–Crippen MR) is 84.4 cm³/mol. The van der Waals surface area contributed by atoms with E-state index in [9.17, 15) is 9.18 Å². The van der Waals surface area contributed by atoms with Crippen LogP contribution in [-0.4, -0.2) is 10.9 Å². The Hall–Kier alpha value is -1.79. The number of nitrogens with one attached hydrogen (secondary N) is 1. The third kappa shape index (κ3) is 3.40. The smallest absolute Gasteiger partial charge is 0.255 e. The van der Waals surface area contributed by atoms with Crippen LogP contribution in [-0.2, 0) is 0 Å². The first-order valence-corrected chi connectivity index (χ1v) is 6.84. The number of benzene rings is 2. The van der Waals surface area contributed by atoms with E-state index in [0.717, 1.165) is 0 Å². The van der Waals surface area contributed by atoms with Crippen LogP contribution in [0.2, 0.25) is 0 Å². The summed E-state index contributed by atoms with van der Waals surface area (Å²) in [7, 11) is 0. The highest BCUT2D eigenvalue weighted by molar-refractivity contribution is 9.10. The highest BCUT2D eigenvalue weighted by atomic mass is 79.9. The van der Waals surface area contributed by atoms with Gasteiger partial charge in [0.05, 0.1) is 5.69 Å². The summed E-state index contributed by atoms with van der Waals surface area (Å²) in [6, 6.07) is 10.4. The minimum Gasteiger partial charge on any atom is -0.389 e. The van der Waals surface area contributed by atoms with Gasteiger partial charge in [-0.05, 0) is 58.4 Å². The van der Waals surface area contributed by atoms with Crippen molar-refractivity contribution in [3.05, 3.63) is 63.9 Å². The van der Waals surface area contributed by atoms with Gasteiger partial charge in [-0.2, -0.15) is 0 Å². The molecule has 0 atom stereocenters. The number of thiocarbonyl (C=S) groups is 1. The van der Waals surface area contributed by atoms with Crippen LogP contribution < -0.4 is 11.1 Å². The third-order valence-corrected chi connectivity index (χ3v) is 3.50. The number of carbonyl (C=O) groups excluding carboxylic acids is 1. The standard InChI is InChI=1S/C14H10BrFN2OS/c15-11-7-9(13(17)20)3-6-12(11)18-14(19)8-1-4-10(16)5-2-8/h1-7H,(H2,17,20)(H,18,19). The van der Waals surface area contributed by atoms with Gasteiger partial charge in [0, 0.05) is 15.6 Å². The van der Waals surface area contributed by atoms with Crippen molar-refractivity contribution in [1.82, 2.24) is 0 Å². The van der Waals surface area contributed by atoms with Gasteiger partial charge in [-0.25, -0.2) is 4.39 Å². The molecular formula is C14H10BrFN2OS. The van der Waals surface area contributed by atoms with E-state index < -0.39 is 0 Å². The fraction of sp³-hybridized carbons (Fsp3) is 0. The van der Waals surface area contributed by atoms with Crippen LogP contribution in [0.1, 0.15) is 15.9 Å². The number of anilines is 1. The second kappa shape index (κ2) is 6.11. The van der Waals surface area contributed by atoms with Gasteiger partial charge in [-0.15, -0.1) is 0 Å². The normalized spacial score (nSPS) is 10.1. The molecule has 0 aliphatic carbocycles. The molecule has 2 rings (SSSR count). The summed E-state index contributed by atoms with van der Waals surface area (Å²) >= 11 is 8.21. The molecule has 2 aromatic carbocycles. The van der Waals surface area contributed by atoms with Crippen LogP contribution in [0.15, 0.2) is 46.9 Å². The summed E-state index contributed by atoms with van der Waals surface area (Å²) in [5.74, 6) is -0.711. The molecule has 0 bridgehead atoms. The molecule has 20 heavy (non-hydrogen) atoms. The molecule has 3 N–H and O–H groups in total. The van der Waals surface area contributed by atoms with Crippen molar-refractivity contribution in [2.24, 2.45) is 5.73 Å².